The first-order chi connectivity index (χ1) is 9.78. The Morgan fingerprint density at radius 1 is 1.10 bits per heavy atom. The van der Waals surface area contributed by atoms with Crippen LogP contribution in [-0.2, 0) is 5.88 Å². The number of benzene rings is 1. The van der Waals surface area contributed by atoms with E-state index in [9.17, 15) is 4.79 Å². The van der Waals surface area contributed by atoms with E-state index >= 15 is 0 Å². The average molecular weight is 292 g/mol. The molecule has 2 fully saturated rings. The summed E-state index contributed by atoms with van der Waals surface area (Å²) in [6.45, 7) is 1.89. The van der Waals surface area contributed by atoms with E-state index in [1.807, 2.05) is 24.3 Å². The molecule has 0 radical (unpaired) electrons. The Balaban J connectivity index is 1.67. The molecule has 1 saturated carbocycles. The van der Waals surface area contributed by atoms with Crippen molar-refractivity contribution >= 4 is 17.5 Å². The van der Waals surface area contributed by atoms with Crippen LogP contribution in [0.2, 0.25) is 0 Å². The molecule has 0 spiro atoms. The third kappa shape index (κ3) is 2.85. The van der Waals surface area contributed by atoms with E-state index in [1.165, 1.54) is 32.1 Å². The molecule has 1 amide bonds. The highest BCUT2D eigenvalue weighted by Gasteiger charge is 2.33. The van der Waals surface area contributed by atoms with Gasteiger partial charge in [0.05, 0.1) is 0 Å². The van der Waals surface area contributed by atoms with Crippen molar-refractivity contribution in [2.45, 2.75) is 38.0 Å². The standard InChI is InChI=1S/C17H22ClNO/c18-11-13-5-7-15(8-6-13)17(20)19-10-9-14-3-1-2-4-16(14)12-19/h5-8,14,16H,1-4,9-12H2. The van der Waals surface area contributed by atoms with Gasteiger partial charge in [0, 0.05) is 24.5 Å². The Morgan fingerprint density at radius 2 is 1.80 bits per heavy atom. The number of carbonyl (C=O) groups is 1. The monoisotopic (exact) mass is 291 g/mol. The fourth-order valence-corrected chi connectivity index (χ4v) is 3.88. The lowest BCUT2D eigenvalue weighted by Crippen LogP contribution is -2.44. The van der Waals surface area contributed by atoms with Gasteiger partial charge in [-0.3, -0.25) is 4.79 Å². The van der Waals surface area contributed by atoms with E-state index in [2.05, 4.69) is 4.90 Å². The molecule has 1 aromatic rings. The van der Waals surface area contributed by atoms with E-state index in [1.54, 1.807) is 0 Å². The summed E-state index contributed by atoms with van der Waals surface area (Å²) in [7, 11) is 0. The number of fused-ring (bicyclic) bond motifs is 1. The molecule has 0 aromatic heterocycles. The second-order valence-electron chi connectivity index (χ2n) is 6.18. The van der Waals surface area contributed by atoms with Crippen molar-refractivity contribution < 1.29 is 4.79 Å². The van der Waals surface area contributed by atoms with Gasteiger partial charge in [-0.1, -0.05) is 31.4 Å². The van der Waals surface area contributed by atoms with Crippen LogP contribution in [0.1, 0.15) is 48.0 Å². The first kappa shape index (κ1) is 13.9. The fraction of sp³-hybridized carbons (Fsp3) is 0.588. The number of alkyl halides is 1. The van der Waals surface area contributed by atoms with Gasteiger partial charge in [0.25, 0.3) is 5.91 Å². The topological polar surface area (TPSA) is 20.3 Å². The maximum Gasteiger partial charge on any atom is 0.253 e. The molecule has 2 nitrogen and oxygen atoms in total. The quantitative estimate of drug-likeness (QED) is 0.752. The fourth-order valence-electron chi connectivity index (χ4n) is 3.70. The van der Waals surface area contributed by atoms with Gasteiger partial charge >= 0.3 is 0 Å². The molecule has 2 unspecified atom stereocenters. The summed E-state index contributed by atoms with van der Waals surface area (Å²) in [5.41, 5.74) is 1.86. The maximum absolute atomic E-state index is 12.6. The van der Waals surface area contributed by atoms with Crippen LogP contribution >= 0.6 is 11.6 Å². The number of amides is 1. The van der Waals surface area contributed by atoms with Crippen molar-refractivity contribution in [3.63, 3.8) is 0 Å². The predicted molar refractivity (Wildman–Crippen MR) is 82.0 cm³/mol. The molecule has 3 heteroatoms. The Morgan fingerprint density at radius 3 is 2.50 bits per heavy atom. The van der Waals surface area contributed by atoms with Gasteiger partial charge in [0.15, 0.2) is 0 Å². The van der Waals surface area contributed by atoms with Crippen LogP contribution in [0, 0.1) is 11.8 Å². The number of hydrogen-bond acceptors (Lipinski definition) is 1. The van der Waals surface area contributed by atoms with Crippen molar-refractivity contribution in [3.05, 3.63) is 35.4 Å². The van der Waals surface area contributed by atoms with Crippen LogP contribution in [0.15, 0.2) is 24.3 Å². The summed E-state index contributed by atoms with van der Waals surface area (Å²) in [4.78, 5) is 14.6. The number of piperidine rings is 1. The normalized spacial score (nSPS) is 26.1. The molecule has 0 N–H and O–H groups in total. The van der Waals surface area contributed by atoms with Crippen LogP contribution in [0.4, 0.5) is 0 Å². The molecule has 1 saturated heterocycles. The van der Waals surface area contributed by atoms with Gasteiger partial charge in [0.2, 0.25) is 0 Å². The number of hydrogen-bond donors (Lipinski definition) is 0. The second-order valence-corrected chi connectivity index (χ2v) is 6.44. The Hall–Kier alpha value is -1.02. The van der Waals surface area contributed by atoms with Gasteiger partial charge in [-0.2, -0.15) is 0 Å². The summed E-state index contributed by atoms with van der Waals surface area (Å²) in [6, 6.07) is 7.72. The molecule has 2 aliphatic rings. The first-order valence-corrected chi connectivity index (χ1v) is 8.25. The number of likely N-dealkylation sites (tertiary alicyclic amines) is 1. The van der Waals surface area contributed by atoms with E-state index < -0.39 is 0 Å². The molecular weight excluding hydrogens is 270 g/mol. The maximum atomic E-state index is 12.6. The number of halogens is 1. The minimum atomic E-state index is 0.190. The minimum Gasteiger partial charge on any atom is -0.338 e. The molecular formula is C17H22ClNO. The van der Waals surface area contributed by atoms with Crippen LogP contribution < -0.4 is 0 Å². The lowest BCUT2D eigenvalue weighted by Gasteiger charge is -2.41. The van der Waals surface area contributed by atoms with Crippen molar-refractivity contribution in [1.82, 2.24) is 4.90 Å². The summed E-state index contributed by atoms with van der Waals surface area (Å²) in [5.74, 6) is 2.30. The smallest absolute Gasteiger partial charge is 0.253 e. The molecule has 20 heavy (non-hydrogen) atoms. The third-order valence-corrected chi connectivity index (χ3v) is 5.24. The molecule has 1 aliphatic heterocycles. The number of carbonyl (C=O) groups excluding carboxylic acids is 1. The zero-order valence-electron chi connectivity index (χ0n) is 11.9. The van der Waals surface area contributed by atoms with E-state index in [-0.39, 0.29) is 5.91 Å². The highest BCUT2D eigenvalue weighted by molar-refractivity contribution is 6.17. The van der Waals surface area contributed by atoms with Crippen LogP contribution in [-0.4, -0.2) is 23.9 Å². The largest absolute Gasteiger partial charge is 0.338 e. The van der Waals surface area contributed by atoms with E-state index in [0.717, 1.165) is 36.1 Å². The third-order valence-electron chi connectivity index (χ3n) is 4.93. The van der Waals surface area contributed by atoms with Crippen molar-refractivity contribution in [2.75, 3.05) is 13.1 Å². The zero-order chi connectivity index (χ0) is 13.9. The second kappa shape index (κ2) is 6.17. The average Bonchev–Trinajstić information content (AvgIpc) is 2.54. The molecule has 1 aromatic carbocycles. The Bertz CT molecular complexity index is 470. The summed E-state index contributed by atoms with van der Waals surface area (Å²) < 4.78 is 0. The van der Waals surface area contributed by atoms with Gasteiger partial charge in [-0.15, -0.1) is 11.6 Å². The van der Waals surface area contributed by atoms with E-state index in [0.29, 0.717) is 5.88 Å². The number of nitrogens with zero attached hydrogens (tertiary/aromatic N) is 1. The van der Waals surface area contributed by atoms with Gasteiger partial charge in [0.1, 0.15) is 0 Å². The van der Waals surface area contributed by atoms with Crippen LogP contribution in [0.25, 0.3) is 0 Å². The van der Waals surface area contributed by atoms with Crippen molar-refractivity contribution in [2.24, 2.45) is 11.8 Å². The van der Waals surface area contributed by atoms with Gasteiger partial charge < -0.3 is 4.90 Å². The van der Waals surface area contributed by atoms with E-state index in [4.69, 9.17) is 11.6 Å². The van der Waals surface area contributed by atoms with Crippen LogP contribution in [0.3, 0.4) is 0 Å². The summed E-state index contributed by atoms with van der Waals surface area (Å²) >= 11 is 5.79. The van der Waals surface area contributed by atoms with Crippen molar-refractivity contribution in [1.29, 1.82) is 0 Å². The summed E-state index contributed by atoms with van der Waals surface area (Å²) in [6.07, 6.45) is 6.59. The van der Waals surface area contributed by atoms with Crippen molar-refractivity contribution in [3.8, 4) is 0 Å². The molecule has 3 rings (SSSR count). The molecule has 2 atom stereocenters. The number of rotatable bonds is 2. The lowest BCUT2D eigenvalue weighted by molar-refractivity contribution is 0.0521. The Labute approximate surface area is 126 Å². The highest BCUT2D eigenvalue weighted by Crippen LogP contribution is 2.36. The highest BCUT2D eigenvalue weighted by atomic mass is 35.5. The molecule has 0 bridgehead atoms. The molecule has 108 valence electrons. The lowest BCUT2D eigenvalue weighted by atomic mass is 9.75. The minimum absolute atomic E-state index is 0.190. The SMILES string of the molecule is O=C(c1ccc(CCl)cc1)N1CCC2CCCCC2C1. The predicted octanol–water partition coefficient (Wildman–Crippen LogP) is 4.08. The van der Waals surface area contributed by atoms with Gasteiger partial charge in [-0.05, 0) is 42.4 Å². The first-order valence-electron chi connectivity index (χ1n) is 7.72. The molecule has 1 heterocycles. The summed E-state index contributed by atoms with van der Waals surface area (Å²) in [5, 5.41) is 0. The molecule has 1 aliphatic carbocycles. The zero-order valence-corrected chi connectivity index (χ0v) is 12.6. The van der Waals surface area contributed by atoms with Gasteiger partial charge in [-0.25, -0.2) is 0 Å². The Kier molecular flexibility index (Phi) is 4.30. The van der Waals surface area contributed by atoms with Crippen LogP contribution in [0.5, 0.6) is 0 Å².